The number of terminal acetylenes is 1. The third-order valence-electron chi connectivity index (χ3n) is 5.90. The maximum Gasteiger partial charge on any atom is 0.226 e. The van der Waals surface area contributed by atoms with Crippen LogP contribution in [0.1, 0.15) is 59.4 Å². The number of hydrogen-bond donors (Lipinski definition) is 2. The number of amides is 2. The zero-order valence-electron chi connectivity index (χ0n) is 23.9. The highest BCUT2D eigenvalue weighted by Gasteiger charge is 2.24. The molecule has 0 aliphatic rings. The fourth-order valence-electron chi connectivity index (χ4n) is 3.99. The highest BCUT2D eigenvalue weighted by Crippen LogP contribution is 2.22. The number of ether oxygens (including phenoxy) is 2. The van der Waals surface area contributed by atoms with E-state index in [9.17, 15) is 9.59 Å². The van der Waals surface area contributed by atoms with Crippen molar-refractivity contribution in [2.24, 2.45) is 0 Å². The molecule has 0 saturated carbocycles. The van der Waals surface area contributed by atoms with Gasteiger partial charge < -0.3 is 24.7 Å². The SMILES string of the molecule is C#CC.C/C=C\C=C(\C)CC(=O)N(C)C(CC(=O)NCCC(OCC)OCC)Cc1c[nH]c2ccccc12. The van der Waals surface area contributed by atoms with Crippen LogP contribution in [-0.2, 0) is 25.5 Å². The molecular formula is C31H45N3O4. The second kappa shape index (κ2) is 18.8. The van der Waals surface area contributed by atoms with Gasteiger partial charge in [0.2, 0.25) is 11.8 Å². The number of rotatable bonds is 15. The van der Waals surface area contributed by atoms with Crippen molar-refractivity contribution in [1.82, 2.24) is 15.2 Å². The topological polar surface area (TPSA) is 83.7 Å². The minimum absolute atomic E-state index is 0.00588. The zero-order valence-corrected chi connectivity index (χ0v) is 23.9. The van der Waals surface area contributed by atoms with Crippen molar-refractivity contribution in [2.45, 2.75) is 72.6 Å². The number of fused-ring (bicyclic) bond motifs is 1. The average molecular weight is 524 g/mol. The second-order valence-corrected chi connectivity index (χ2v) is 8.91. The molecule has 1 atom stereocenters. The van der Waals surface area contributed by atoms with Crippen molar-refractivity contribution in [1.29, 1.82) is 0 Å². The van der Waals surface area contributed by atoms with E-state index in [0.717, 1.165) is 22.0 Å². The lowest BCUT2D eigenvalue weighted by Crippen LogP contribution is -2.42. The Morgan fingerprint density at radius 3 is 2.50 bits per heavy atom. The van der Waals surface area contributed by atoms with Gasteiger partial charge in [0.1, 0.15) is 0 Å². The van der Waals surface area contributed by atoms with Crippen molar-refractivity contribution in [3.05, 3.63) is 59.8 Å². The lowest BCUT2D eigenvalue weighted by Gasteiger charge is -2.28. The fraction of sp³-hybridized carbons (Fsp3) is 0.484. The number of carbonyl (C=O) groups excluding carboxylic acids is 2. The van der Waals surface area contributed by atoms with Gasteiger partial charge >= 0.3 is 0 Å². The van der Waals surface area contributed by atoms with Gasteiger partial charge in [-0.25, -0.2) is 0 Å². The molecule has 0 saturated heterocycles. The number of aromatic nitrogens is 1. The second-order valence-electron chi connectivity index (χ2n) is 8.91. The van der Waals surface area contributed by atoms with Crippen LogP contribution in [0.5, 0.6) is 0 Å². The largest absolute Gasteiger partial charge is 0.361 e. The molecule has 208 valence electrons. The average Bonchev–Trinajstić information content (AvgIpc) is 3.30. The van der Waals surface area contributed by atoms with Crippen LogP contribution in [0.4, 0.5) is 0 Å². The van der Waals surface area contributed by atoms with Crippen LogP contribution in [0.15, 0.2) is 54.3 Å². The molecule has 1 heterocycles. The lowest BCUT2D eigenvalue weighted by molar-refractivity contribution is -0.140. The molecule has 0 bridgehead atoms. The molecule has 0 spiro atoms. The molecule has 2 rings (SSSR count). The molecular weight excluding hydrogens is 478 g/mol. The summed E-state index contributed by atoms with van der Waals surface area (Å²) in [4.78, 5) is 31.0. The zero-order chi connectivity index (χ0) is 28.3. The number of nitrogens with one attached hydrogen (secondary N) is 2. The van der Waals surface area contributed by atoms with Crippen molar-refractivity contribution >= 4 is 22.7 Å². The molecule has 7 heteroatoms. The van der Waals surface area contributed by atoms with Gasteiger partial charge in [-0.05, 0) is 52.7 Å². The van der Waals surface area contributed by atoms with E-state index in [1.54, 1.807) is 18.9 Å². The molecule has 1 aromatic heterocycles. The number of benzene rings is 1. The number of hydrogen-bond acceptors (Lipinski definition) is 4. The summed E-state index contributed by atoms with van der Waals surface area (Å²) < 4.78 is 11.1. The van der Waals surface area contributed by atoms with Crippen molar-refractivity contribution in [2.75, 3.05) is 26.8 Å². The maximum absolute atomic E-state index is 13.1. The van der Waals surface area contributed by atoms with E-state index in [0.29, 0.717) is 39.0 Å². The first-order chi connectivity index (χ1) is 18.3. The molecule has 2 amide bonds. The van der Waals surface area contributed by atoms with Gasteiger partial charge in [0, 0.05) is 69.2 Å². The Balaban J connectivity index is 0.00000229. The van der Waals surface area contributed by atoms with Crippen LogP contribution in [0.25, 0.3) is 10.9 Å². The van der Waals surface area contributed by atoms with E-state index in [1.165, 1.54) is 0 Å². The van der Waals surface area contributed by atoms with Gasteiger partial charge in [-0.15, -0.1) is 12.3 Å². The highest BCUT2D eigenvalue weighted by molar-refractivity contribution is 5.84. The fourth-order valence-corrected chi connectivity index (χ4v) is 3.99. The van der Waals surface area contributed by atoms with Gasteiger partial charge in [-0.1, -0.05) is 42.0 Å². The summed E-state index contributed by atoms with van der Waals surface area (Å²) in [7, 11) is 1.79. The van der Waals surface area contributed by atoms with E-state index in [-0.39, 0.29) is 30.6 Å². The Hall–Kier alpha value is -3.34. The maximum atomic E-state index is 13.1. The Kier molecular flexibility index (Phi) is 16.2. The molecule has 2 aromatic rings. The van der Waals surface area contributed by atoms with E-state index in [4.69, 9.17) is 9.47 Å². The smallest absolute Gasteiger partial charge is 0.226 e. The van der Waals surface area contributed by atoms with E-state index in [2.05, 4.69) is 28.7 Å². The molecule has 0 fully saturated rings. The van der Waals surface area contributed by atoms with Crippen LogP contribution < -0.4 is 5.32 Å². The summed E-state index contributed by atoms with van der Waals surface area (Å²) in [6.45, 7) is 10.9. The number of likely N-dealkylation sites (N-methyl/N-ethyl adjacent to an activating group) is 1. The summed E-state index contributed by atoms with van der Waals surface area (Å²) in [6.07, 6.45) is 13.7. The summed E-state index contributed by atoms with van der Waals surface area (Å²) in [5.41, 5.74) is 3.11. The highest BCUT2D eigenvalue weighted by atomic mass is 16.7. The molecule has 38 heavy (non-hydrogen) atoms. The standard InChI is InChI=1S/C28H41N3O4.C3H4/c1-6-9-12-21(4)17-27(33)31(5)23(18-22-20-30-25-14-11-10-13-24(22)25)19-26(32)29-16-15-28(34-7-2)35-8-3;1-3-2/h6,9-14,20,23,28,30H,7-8,15-19H2,1-5H3,(H,29,32);1H,2H3/b9-6-,21-12-;. The van der Waals surface area contributed by atoms with Gasteiger partial charge in [0.15, 0.2) is 6.29 Å². The van der Waals surface area contributed by atoms with Crippen molar-refractivity contribution < 1.29 is 19.1 Å². The first-order valence-corrected chi connectivity index (χ1v) is 13.3. The Morgan fingerprint density at radius 2 is 1.87 bits per heavy atom. The molecule has 0 aliphatic heterocycles. The number of nitrogens with zero attached hydrogens (tertiary/aromatic N) is 1. The minimum Gasteiger partial charge on any atom is -0.361 e. The lowest BCUT2D eigenvalue weighted by atomic mass is 10.00. The number of H-pyrrole nitrogens is 1. The van der Waals surface area contributed by atoms with Gasteiger partial charge in [0.05, 0.1) is 0 Å². The van der Waals surface area contributed by atoms with Crippen molar-refractivity contribution in [3.8, 4) is 12.3 Å². The monoisotopic (exact) mass is 523 g/mol. The number of para-hydroxylation sites is 1. The summed E-state index contributed by atoms with van der Waals surface area (Å²) in [5, 5.41) is 4.08. The van der Waals surface area contributed by atoms with Crippen LogP contribution >= 0.6 is 0 Å². The predicted octanol–water partition coefficient (Wildman–Crippen LogP) is 5.38. The van der Waals surface area contributed by atoms with Gasteiger partial charge in [0.25, 0.3) is 0 Å². The predicted molar refractivity (Wildman–Crippen MR) is 156 cm³/mol. The summed E-state index contributed by atoms with van der Waals surface area (Å²) in [5.74, 6) is 2.15. The van der Waals surface area contributed by atoms with E-state index >= 15 is 0 Å². The van der Waals surface area contributed by atoms with Crippen LogP contribution in [-0.4, -0.2) is 60.8 Å². The van der Waals surface area contributed by atoms with E-state index in [1.807, 2.05) is 70.3 Å². The first-order valence-electron chi connectivity index (χ1n) is 13.3. The van der Waals surface area contributed by atoms with Crippen LogP contribution in [0, 0.1) is 12.3 Å². The molecule has 0 radical (unpaired) electrons. The Morgan fingerprint density at radius 1 is 1.21 bits per heavy atom. The Labute approximate surface area is 228 Å². The third-order valence-corrected chi connectivity index (χ3v) is 5.90. The number of allylic oxidation sites excluding steroid dienone is 3. The van der Waals surface area contributed by atoms with Crippen LogP contribution in [0.3, 0.4) is 0 Å². The number of aromatic amines is 1. The quantitative estimate of drug-likeness (QED) is 0.186. The summed E-state index contributed by atoms with van der Waals surface area (Å²) in [6, 6.07) is 7.80. The van der Waals surface area contributed by atoms with Crippen LogP contribution in [0.2, 0.25) is 0 Å². The van der Waals surface area contributed by atoms with E-state index < -0.39 is 0 Å². The molecule has 7 nitrogen and oxygen atoms in total. The van der Waals surface area contributed by atoms with Crippen molar-refractivity contribution in [3.63, 3.8) is 0 Å². The van der Waals surface area contributed by atoms with Gasteiger partial charge in [-0.2, -0.15) is 0 Å². The number of carbonyl (C=O) groups is 2. The first kappa shape index (κ1) is 32.7. The normalized spacial score (nSPS) is 12.2. The Bertz CT molecular complexity index is 1070. The molecule has 1 aromatic carbocycles. The molecule has 2 N–H and O–H groups in total. The molecule has 1 unspecified atom stereocenters. The third kappa shape index (κ3) is 11.8. The summed E-state index contributed by atoms with van der Waals surface area (Å²) >= 11 is 0. The van der Waals surface area contributed by atoms with Gasteiger partial charge in [-0.3, -0.25) is 9.59 Å². The minimum atomic E-state index is -0.330. The molecule has 0 aliphatic carbocycles.